The molecule has 1 fully saturated rings. The topological polar surface area (TPSA) is 37.8 Å². The van der Waals surface area contributed by atoms with Crippen LogP contribution in [0.15, 0.2) is 41.3 Å². The number of hydrogen-bond donors (Lipinski definition) is 0. The van der Waals surface area contributed by atoms with Crippen molar-refractivity contribution in [2.45, 2.75) is 11.4 Å². The third kappa shape index (κ3) is 3.35. The first-order chi connectivity index (χ1) is 13.3. The van der Waals surface area contributed by atoms with E-state index in [4.69, 9.17) is 14.5 Å². The fraction of sp³-hybridized carbons (Fsp3) is 0.350. The van der Waals surface area contributed by atoms with Gasteiger partial charge in [0.1, 0.15) is 0 Å². The van der Waals surface area contributed by atoms with Gasteiger partial charge in [-0.3, -0.25) is 4.90 Å². The van der Waals surface area contributed by atoms with Crippen molar-refractivity contribution >= 4 is 38.4 Å². The van der Waals surface area contributed by atoms with Gasteiger partial charge >= 0.3 is 0 Å². The van der Waals surface area contributed by atoms with Crippen LogP contribution in [0.1, 0.15) is 5.56 Å². The molecule has 27 heavy (non-hydrogen) atoms. The maximum absolute atomic E-state index is 5.49. The van der Waals surface area contributed by atoms with E-state index in [1.807, 2.05) is 6.07 Å². The molecule has 0 unspecified atom stereocenters. The van der Waals surface area contributed by atoms with Gasteiger partial charge in [0.2, 0.25) is 6.79 Å². The first-order valence-electron chi connectivity index (χ1n) is 9.09. The van der Waals surface area contributed by atoms with E-state index in [9.17, 15) is 0 Å². The van der Waals surface area contributed by atoms with E-state index in [0.29, 0.717) is 6.79 Å². The second kappa shape index (κ2) is 7.22. The highest BCUT2D eigenvalue weighted by Gasteiger charge is 2.21. The van der Waals surface area contributed by atoms with Gasteiger partial charge in [0.25, 0.3) is 0 Å². The average Bonchev–Trinajstić information content (AvgIpc) is 3.34. The van der Waals surface area contributed by atoms with Crippen LogP contribution in [0.3, 0.4) is 0 Å². The maximum atomic E-state index is 5.49. The normalized spacial score (nSPS) is 17.0. The van der Waals surface area contributed by atoms with Crippen molar-refractivity contribution in [1.82, 2.24) is 9.88 Å². The molecule has 2 aromatic carbocycles. The summed E-state index contributed by atoms with van der Waals surface area (Å²) in [5.74, 6) is 1.72. The second-order valence-corrected chi connectivity index (χ2v) is 8.61. The molecule has 2 aliphatic heterocycles. The predicted octanol–water partition coefficient (Wildman–Crippen LogP) is 4.07. The van der Waals surface area contributed by atoms with E-state index < -0.39 is 0 Å². The number of hydrogen-bond acceptors (Lipinski definition) is 7. The number of fused-ring (bicyclic) bond motifs is 2. The smallest absolute Gasteiger partial charge is 0.231 e. The molecule has 1 saturated heterocycles. The average molecular weight is 400 g/mol. The Morgan fingerprint density at radius 1 is 1.07 bits per heavy atom. The van der Waals surface area contributed by atoms with Crippen LogP contribution in [0, 0.1) is 0 Å². The summed E-state index contributed by atoms with van der Waals surface area (Å²) in [7, 11) is 0. The Morgan fingerprint density at radius 2 is 1.93 bits per heavy atom. The first-order valence-corrected chi connectivity index (χ1v) is 11.1. The van der Waals surface area contributed by atoms with Crippen molar-refractivity contribution in [2.75, 3.05) is 44.1 Å². The minimum absolute atomic E-state index is 0.331. The zero-order valence-corrected chi connectivity index (χ0v) is 16.8. The van der Waals surface area contributed by atoms with Crippen LogP contribution in [0.25, 0.3) is 10.2 Å². The van der Waals surface area contributed by atoms with Gasteiger partial charge in [-0.15, -0.1) is 11.8 Å². The van der Waals surface area contributed by atoms with Gasteiger partial charge in [-0.1, -0.05) is 23.5 Å². The summed E-state index contributed by atoms with van der Waals surface area (Å²) >= 11 is 3.57. The third-order valence-electron chi connectivity index (χ3n) is 5.08. The Kier molecular flexibility index (Phi) is 4.59. The predicted molar refractivity (Wildman–Crippen MR) is 111 cm³/mol. The minimum atomic E-state index is 0.331. The number of piperazine rings is 1. The molecular formula is C20H21N3O2S2. The van der Waals surface area contributed by atoms with E-state index in [1.165, 1.54) is 15.2 Å². The van der Waals surface area contributed by atoms with E-state index in [-0.39, 0.29) is 0 Å². The van der Waals surface area contributed by atoms with Crippen LogP contribution >= 0.6 is 23.1 Å². The molecule has 7 heteroatoms. The molecule has 1 aromatic heterocycles. The van der Waals surface area contributed by atoms with Gasteiger partial charge < -0.3 is 14.4 Å². The van der Waals surface area contributed by atoms with Crippen molar-refractivity contribution in [3.05, 3.63) is 42.0 Å². The van der Waals surface area contributed by atoms with Crippen LogP contribution in [-0.2, 0) is 6.54 Å². The van der Waals surface area contributed by atoms with Crippen molar-refractivity contribution in [2.24, 2.45) is 0 Å². The summed E-state index contributed by atoms with van der Waals surface area (Å²) in [6.07, 6.45) is 2.11. The Bertz CT molecular complexity index is 967. The molecule has 3 heterocycles. The van der Waals surface area contributed by atoms with Crippen molar-refractivity contribution in [3.63, 3.8) is 0 Å². The van der Waals surface area contributed by atoms with Gasteiger partial charge in [-0.25, -0.2) is 4.98 Å². The Hall–Kier alpha value is -1.96. The molecule has 0 N–H and O–H groups in total. The lowest BCUT2D eigenvalue weighted by atomic mass is 10.1. The van der Waals surface area contributed by atoms with Crippen molar-refractivity contribution < 1.29 is 9.47 Å². The molecule has 0 spiro atoms. The number of aromatic nitrogens is 1. The molecule has 0 atom stereocenters. The molecule has 0 amide bonds. The fourth-order valence-electron chi connectivity index (χ4n) is 3.61. The van der Waals surface area contributed by atoms with E-state index >= 15 is 0 Å². The number of para-hydroxylation sites is 1. The molecule has 0 bridgehead atoms. The first kappa shape index (κ1) is 17.2. The van der Waals surface area contributed by atoms with Crippen LogP contribution in [0.2, 0.25) is 0 Å². The SMILES string of the molecule is CSc1cccc2sc(N3CCN(Cc4ccc5c(c4)OCO5)CC3)nc12. The molecule has 3 aromatic rings. The largest absolute Gasteiger partial charge is 0.454 e. The number of anilines is 1. The van der Waals surface area contributed by atoms with E-state index in [1.54, 1.807) is 23.1 Å². The maximum Gasteiger partial charge on any atom is 0.231 e. The van der Waals surface area contributed by atoms with Crippen LogP contribution in [-0.4, -0.2) is 49.1 Å². The Morgan fingerprint density at radius 3 is 2.78 bits per heavy atom. The van der Waals surface area contributed by atoms with Gasteiger partial charge in [0.15, 0.2) is 16.6 Å². The third-order valence-corrected chi connectivity index (χ3v) is 6.93. The lowest BCUT2D eigenvalue weighted by Gasteiger charge is -2.34. The number of thioether (sulfide) groups is 1. The van der Waals surface area contributed by atoms with Gasteiger partial charge in [-0.05, 0) is 36.1 Å². The fourth-order valence-corrected chi connectivity index (χ4v) is 5.28. The Labute approximate surface area is 166 Å². The number of thiazole rings is 1. The van der Waals surface area contributed by atoms with Crippen molar-refractivity contribution in [3.8, 4) is 11.5 Å². The summed E-state index contributed by atoms with van der Waals surface area (Å²) in [4.78, 5) is 11.1. The molecule has 0 radical (unpaired) electrons. The molecule has 0 saturated carbocycles. The number of benzene rings is 2. The summed E-state index contributed by atoms with van der Waals surface area (Å²) in [5, 5.41) is 1.15. The second-order valence-electron chi connectivity index (χ2n) is 6.75. The number of rotatable bonds is 4. The van der Waals surface area contributed by atoms with Crippen LogP contribution in [0.4, 0.5) is 5.13 Å². The summed E-state index contributed by atoms with van der Waals surface area (Å²) in [5.41, 5.74) is 2.42. The molecule has 5 rings (SSSR count). The minimum Gasteiger partial charge on any atom is -0.454 e. The monoisotopic (exact) mass is 399 g/mol. The van der Waals surface area contributed by atoms with E-state index in [2.05, 4.69) is 46.4 Å². The van der Waals surface area contributed by atoms with Crippen molar-refractivity contribution in [1.29, 1.82) is 0 Å². The van der Waals surface area contributed by atoms with Gasteiger partial charge in [0, 0.05) is 37.6 Å². The summed E-state index contributed by atoms with van der Waals surface area (Å²) < 4.78 is 12.2. The quantitative estimate of drug-likeness (QED) is 0.616. The van der Waals surface area contributed by atoms with Gasteiger partial charge in [-0.2, -0.15) is 0 Å². The molecule has 0 aliphatic carbocycles. The lowest BCUT2D eigenvalue weighted by Crippen LogP contribution is -2.45. The highest BCUT2D eigenvalue weighted by Crippen LogP contribution is 2.35. The van der Waals surface area contributed by atoms with Gasteiger partial charge in [0.05, 0.1) is 10.2 Å². The number of ether oxygens (including phenoxy) is 2. The standard InChI is InChI=1S/C20H21N3O2S2/c1-26-17-3-2-4-18-19(17)21-20(27-18)23-9-7-22(8-10-23)12-14-5-6-15-16(11-14)25-13-24-15/h2-6,11H,7-10,12-13H2,1H3. The highest BCUT2D eigenvalue weighted by atomic mass is 32.2. The molecular weight excluding hydrogens is 378 g/mol. The number of nitrogens with zero attached hydrogens (tertiary/aromatic N) is 3. The zero-order chi connectivity index (χ0) is 18.2. The summed E-state index contributed by atoms with van der Waals surface area (Å²) in [6, 6.07) is 12.7. The summed E-state index contributed by atoms with van der Waals surface area (Å²) in [6.45, 7) is 5.39. The lowest BCUT2D eigenvalue weighted by molar-refractivity contribution is 0.174. The van der Waals surface area contributed by atoms with Crippen LogP contribution in [0.5, 0.6) is 11.5 Å². The van der Waals surface area contributed by atoms with Crippen LogP contribution < -0.4 is 14.4 Å². The Balaban J connectivity index is 1.25. The highest BCUT2D eigenvalue weighted by molar-refractivity contribution is 7.98. The zero-order valence-electron chi connectivity index (χ0n) is 15.2. The molecule has 140 valence electrons. The van der Waals surface area contributed by atoms with E-state index in [0.717, 1.165) is 54.9 Å². The molecule has 2 aliphatic rings. The molecule has 5 nitrogen and oxygen atoms in total.